The Morgan fingerprint density at radius 2 is 1.73 bits per heavy atom. The van der Waals surface area contributed by atoms with Crippen molar-refractivity contribution in [1.29, 1.82) is 0 Å². The zero-order chi connectivity index (χ0) is 18.4. The minimum absolute atomic E-state index is 0.234. The van der Waals surface area contributed by atoms with Gasteiger partial charge in [0.1, 0.15) is 0 Å². The van der Waals surface area contributed by atoms with Crippen molar-refractivity contribution < 1.29 is 14.3 Å². The van der Waals surface area contributed by atoms with Crippen LogP contribution in [0.25, 0.3) is 10.8 Å². The van der Waals surface area contributed by atoms with Gasteiger partial charge in [0.2, 0.25) is 0 Å². The van der Waals surface area contributed by atoms with Gasteiger partial charge in [-0.15, -0.1) is 0 Å². The quantitative estimate of drug-likeness (QED) is 0.700. The Bertz CT molecular complexity index is 909. The lowest BCUT2D eigenvalue weighted by molar-refractivity contribution is 0.252. The van der Waals surface area contributed by atoms with Crippen molar-refractivity contribution in [3.05, 3.63) is 66.2 Å². The number of anilines is 1. The van der Waals surface area contributed by atoms with Crippen LogP contribution in [0.3, 0.4) is 0 Å². The van der Waals surface area contributed by atoms with Crippen molar-refractivity contribution in [2.45, 2.75) is 6.42 Å². The fraction of sp³-hybridized carbons (Fsp3) is 0.190. The molecule has 26 heavy (non-hydrogen) atoms. The molecular formula is C21H22N2O3. The molecule has 0 aliphatic heterocycles. The van der Waals surface area contributed by atoms with Gasteiger partial charge in [0.05, 0.1) is 14.2 Å². The first-order chi connectivity index (χ1) is 12.7. The van der Waals surface area contributed by atoms with Gasteiger partial charge in [-0.25, -0.2) is 4.79 Å². The SMILES string of the molecule is COc1cccc(CCNC(=O)Nc2ccc3ccccc3c2)c1OC. The van der Waals surface area contributed by atoms with Crippen LogP contribution in [0.4, 0.5) is 10.5 Å². The molecule has 0 bridgehead atoms. The molecule has 5 nitrogen and oxygen atoms in total. The first-order valence-corrected chi connectivity index (χ1v) is 8.45. The molecule has 0 saturated heterocycles. The smallest absolute Gasteiger partial charge is 0.319 e. The highest BCUT2D eigenvalue weighted by Crippen LogP contribution is 2.30. The van der Waals surface area contributed by atoms with Gasteiger partial charge in [-0.1, -0.05) is 42.5 Å². The lowest BCUT2D eigenvalue weighted by Crippen LogP contribution is -2.30. The lowest BCUT2D eigenvalue weighted by Gasteiger charge is -2.13. The molecule has 2 amide bonds. The summed E-state index contributed by atoms with van der Waals surface area (Å²) in [6.45, 7) is 0.489. The van der Waals surface area contributed by atoms with Crippen molar-refractivity contribution in [2.24, 2.45) is 0 Å². The van der Waals surface area contributed by atoms with Crippen LogP contribution in [0.5, 0.6) is 11.5 Å². The third kappa shape index (κ3) is 4.06. The Kier molecular flexibility index (Phi) is 5.59. The summed E-state index contributed by atoms with van der Waals surface area (Å²) in [5.41, 5.74) is 1.75. The summed E-state index contributed by atoms with van der Waals surface area (Å²) >= 11 is 0. The molecule has 0 unspecified atom stereocenters. The van der Waals surface area contributed by atoms with E-state index in [2.05, 4.69) is 10.6 Å². The average molecular weight is 350 g/mol. The van der Waals surface area contributed by atoms with E-state index in [0.717, 1.165) is 22.0 Å². The zero-order valence-electron chi connectivity index (χ0n) is 14.9. The van der Waals surface area contributed by atoms with Crippen LogP contribution in [-0.2, 0) is 6.42 Å². The number of ether oxygens (including phenoxy) is 2. The molecule has 3 rings (SSSR count). The molecule has 0 saturated carbocycles. The molecule has 2 N–H and O–H groups in total. The monoisotopic (exact) mass is 350 g/mol. The van der Waals surface area contributed by atoms with E-state index in [0.29, 0.717) is 24.5 Å². The number of methoxy groups -OCH3 is 2. The van der Waals surface area contributed by atoms with Crippen LogP contribution < -0.4 is 20.1 Å². The number of rotatable bonds is 6. The minimum Gasteiger partial charge on any atom is -0.493 e. The van der Waals surface area contributed by atoms with Crippen molar-refractivity contribution in [3.63, 3.8) is 0 Å². The van der Waals surface area contributed by atoms with E-state index in [-0.39, 0.29) is 6.03 Å². The molecule has 0 atom stereocenters. The fourth-order valence-electron chi connectivity index (χ4n) is 2.90. The predicted octanol–water partition coefficient (Wildman–Crippen LogP) is 4.22. The van der Waals surface area contributed by atoms with Gasteiger partial charge in [-0.2, -0.15) is 0 Å². The molecule has 0 radical (unpaired) electrons. The molecule has 0 aliphatic rings. The standard InChI is InChI=1S/C21H22N2O3/c1-25-19-9-5-8-16(20(19)26-2)12-13-22-21(24)23-18-11-10-15-6-3-4-7-17(15)14-18/h3-11,14H,12-13H2,1-2H3,(H2,22,23,24). The molecule has 3 aromatic rings. The normalized spacial score (nSPS) is 10.4. The maximum atomic E-state index is 12.1. The number of fused-ring (bicyclic) bond motifs is 1. The maximum absolute atomic E-state index is 12.1. The van der Waals surface area contributed by atoms with E-state index in [1.807, 2.05) is 60.7 Å². The second-order valence-electron chi connectivity index (χ2n) is 5.85. The number of carbonyl (C=O) groups excluding carboxylic acids is 1. The minimum atomic E-state index is -0.234. The second kappa shape index (κ2) is 8.25. The molecule has 0 aliphatic carbocycles. The van der Waals surface area contributed by atoms with Crippen LogP contribution in [0, 0.1) is 0 Å². The molecule has 5 heteroatoms. The van der Waals surface area contributed by atoms with Crippen LogP contribution in [0.15, 0.2) is 60.7 Å². The second-order valence-corrected chi connectivity index (χ2v) is 5.85. The van der Waals surface area contributed by atoms with Crippen molar-refractivity contribution in [3.8, 4) is 11.5 Å². The average Bonchev–Trinajstić information content (AvgIpc) is 2.67. The first-order valence-electron chi connectivity index (χ1n) is 8.45. The topological polar surface area (TPSA) is 59.6 Å². The number of para-hydroxylation sites is 1. The Labute approximate surface area is 152 Å². The van der Waals surface area contributed by atoms with Gasteiger partial charge in [0.25, 0.3) is 0 Å². The number of nitrogens with one attached hydrogen (secondary N) is 2. The van der Waals surface area contributed by atoms with E-state index in [9.17, 15) is 4.79 Å². The van der Waals surface area contributed by atoms with Crippen molar-refractivity contribution in [1.82, 2.24) is 5.32 Å². The Morgan fingerprint density at radius 3 is 2.50 bits per heavy atom. The van der Waals surface area contributed by atoms with Gasteiger partial charge in [0.15, 0.2) is 11.5 Å². The molecule has 3 aromatic carbocycles. The van der Waals surface area contributed by atoms with Crippen molar-refractivity contribution in [2.75, 3.05) is 26.1 Å². The van der Waals surface area contributed by atoms with Crippen LogP contribution >= 0.6 is 0 Å². The third-order valence-corrected chi connectivity index (χ3v) is 4.17. The summed E-state index contributed by atoms with van der Waals surface area (Å²) in [6.07, 6.45) is 0.644. The number of benzene rings is 3. The lowest BCUT2D eigenvalue weighted by atomic mass is 10.1. The van der Waals surface area contributed by atoms with Crippen LogP contribution in [0.1, 0.15) is 5.56 Å². The number of hydrogen-bond acceptors (Lipinski definition) is 3. The highest BCUT2D eigenvalue weighted by atomic mass is 16.5. The number of urea groups is 1. The fourth-order valence-corrected chi connectivity index (χ4v) is 2.90. The van der Waals surface area contributed by atoms with Gasteiger partial charge in [-0.05, 0) is 41.0 Å². The highest BCUT2D eigenvalue weighted by Gasteiger charge is 2.09. The van der Waals surface area contributed by atoms with Gasteiger partial charge in [-0.3, -0.25) is 0 Å². The Hall–Kier alpha value is -3.21. The summed E-state index contributed by atoms with van der Waals surface area (Å²) in [6, 6.07) is 19.4. The van der Waals surface area contributed by atoms with Gasteiger partial charge in [0, 0.05) is 12.2 Å². The summed E-state index contributed by atoms with van der Waals surface area (Å²) in [7, 11) is 3.22. The molecule has 0 fully saturated rings. The van der Waals surface area contributed by atoms with Crippen molar-refractivity contribution >= 4 is 22.5 Å². The van der Waals surface area contributed by atoms with E-state index in [1.165, 1.54) is 0 Å². The molecule has 0 aromatic heterocycles. The van der Waals surface area contributed by atoms with Crippen LogP contribution in [-0.4, -0.2) is 26.8 Å². The summed E-state index contributed by atoms with van der Waals surface area (Å²) < 4.78 is 10.7. The van der Waals surface area contributed by atoms with E-state index in [1.54, 1.807) is 14.2 Å². The summed E-state index contributed by atoms with van der Waals surface area (Å²) in [5, 5.41) is 7.97. The third-order valence-electron chi connectivity index (χ3n) is 4.17. The Balaban J connectivity index is 1.57. The van der Waals surface area contributed by atoms with E-state index in [4.69, 9.17) is 9.47 Å². The molecule has 134 valence electrons. The molecule has 0 heterocycles. The maximum Gasteiger partial charge on any atom is 0.319 e. The van der Waals surface area contributed by atoms with E-state index >= 15 is 0 Å². The molecular weight excluding hydrogens is 328 g/mol. The van der Waals surface area contributed by atoms with Crippen LogP contribution in [0.2, 0.25) is 0 Å². The summed E-state index contributed by atoms with van der Waals surface area (Å²) in [4.78, 5) is 12.1. The zero-order valence-corrected chi connectivity index (χ0v) is 14.9. The number of amides is 2. The predicted molar refractivity (Wildman–Crippen MR) is 104 cm³/mol. The largest absolute Gasteiger partial charge is 0.493 e. The number of hydrogen-bond donors (Lipinski definition) is 2. The summed E-state index contributed by atoms with van der Waals surface area (Å²) in [5.74, 6) is 1.39. The number of carbonyl (C=O) groups is 1. The van der Waals surface area contributed by atoms with Gasteiger partial charge >= 0.3 is 6.03 Å². The first kappa shape index (κ1) is 17.6. The Morgan fingerprint density at radius 1 is 0.923 bits per heavy atom. The highest BCUT2D eigenvalue weighted by molar-refractivity contribution is 5.93. The van der Waals surface area contributed by atoms with Gasteiger partial charge < -0.3 is 20.1 Å². The van der Waals surface area contributed by atoms with E-state index < -0.39 is 0 Å². The molecule has 0 spiro atoms.